The molecule has 2 unspecified atom stereocenters. The maximum atomic E-state index is 5.43. The van der Waals surface area contributed by atoms with Crippen LogP contribution in [0.15, 0.2) is 52.1 Å². The predicted molar refractivity (Wildman–Crippen MR) is 117 cm³/mol. The Morgan fingerprint density at radius 2 is 2.11 bits per heavy atom. The number of thioether (sulfide) groups is 1. The van der Waals surface area contributed by atoms with E-state index in [0.717, 1.165) is 35.7 Å². The van der Waals surface area contributed by atoms with E-state index in [1.165, 1.54) is 31.2 Å². The summed E-state index contributed by atoms with van der Waals surface area (Å²) in [6.07, 6.45) is 9.78. The zero-order valence-electron chi connectivity index (χ0n) is 16.8. The van der Waals surface area contributed by atoms with Gasteiger partial charge in [0.15, 0.2) is 5.96 Å². The van der Waals surface area contributed by atoms with E-state index in [1.54, 1.807) is 13.4 Å². The fourth-order valence-electron chi connectivity index (χ4n) is 3.50. The van der Waals surface area contributed by atoms with Gasteiger partial charge in [-0.2, -0.15) is 11.8 Å². The maximum absolute atomic E-state index is 5.43. The van der Waals surface area contributed by atoms with Crippen molar-refractivity contribution in [2.75, 3.05) is 19.9 Å². The second-order valence-electron chi connectivity index (χ2n) is 7.13. The predicted octanol–water partition coefficient (Wildman–Crippen LogP) is 4.24. The Morgan fingerprint density at radius 3 is 2.82 bits per heavy atom. The van der Waals surface area contributed by atoms with Gasteiger partial charge in [0, 0.05) is 24.3 Å². The van der Waals surface area contributed by atoms with Gasteiger partial charge in [-0.15, -0.1) is 0 Å². The molecular weight excluding hydrogens is 370 g/mol. The van der Waals surface area contributed by atoms with E-state index >= 15 is 0 Å². The van der Waals surface area contributed by atoms with Gasteiger partial charge < -0.3 is 19.8 Å². The first kappa shape index (κ1) is 20.6. The number of aliphatic imine (C=N–C) groups is 1. The van der Waals surface area contributed by atoms with Crippen LogP contribution < -0.4 is 15.4 Å². The molecule has 1 heterocycles. The lowest BCUT2D eigenvalue weighted by Crippen LogP contribution is -2.46. The lowest BCUT2D eigenvalue weighted by Gasteiger charge is -2.30. The van der Waals surface area contributed by atoms with Crippen molar-refractivity contribution in [3.63, 3.8) is 0 Å². The van der Waals surface area contributed by atoms with Gasteiger partial charge in [-0.05, 0) is 55.3 Å². The van der Waals surface area contributed by atoms with Crippen LogP contribution in [-0.4, -0.2) is 37.2 Å². The molecule has 0 amide bonds. The highest BCUT2D eigenvalue weighted by atomic mass is 32.2. The van der Waals surface area contributed by atoms with Crippen LogP contribution in [0.5, 0.6) is 5.75 Å². The quantitative estimate of drug-likeness (QED) is 0.512. The van der Waals surface area contributed by atoms with Gasteiger partial charge in [0.25, 0.3) is 0 Å². The Kier molecular flexibility index (Phi) is 8.15. The number of benzene rings is 1. The van der Waals surface area contributed by atoms with Gasteiger partial charge in [0.2, 0.25) is 0 Å². The first-order chi connectivity index (χ1) is 13.8. The molecular formula is C22H31N3O2S. The summed E-state index contributed by atoms with van der Waals surface area (Å²) >= 11 is 1.98. The molecule has 0 spiro atoms. The average Bonchev–Trinajstić information content (AvgIpc) is 3.26. The third kappa shape index (κ3) is 6.51. The lowest BCUT2D eigenvalue weighted by atomic mass is 9.95. The van der Waals surface area contributed by atoms with Crippen molar-refractivity contribution in [1.29, 1.82) is 0 Å². The highest BCUT2D eigenvalue weighted by Gasteiger charge is 2.22. The molecule has 0 saturated heterocycles. The van der Waals surface area contributed by atoms with Crippen LogP contribution in [0.25, 0.3) is 0 Å². The minimum absolute atomic E-state index is 0.483. The van der Waals surface area contributed by atoms with Crippen LogP contribution in [0.4, 0.5) is 0 Å². The van der Waals surface area contributed by atoms with Crippen molar-refractivity contribution < 1.29 is 9.15 Å². The van der Waals surface area contributed by atoms with Crippen molar-refractivity contribution >= 4 is 17.7 Å². The molecule has 2 atom stereocenters. The third-order valence-corrected chi connectivity index (χ3v) is 6.22. The summed E-state index contributed by atoms with van der Waals surface area (Å²) in [6, 6.07) is 12.5. The molecule has 28 heavy (non-hydrogen) atoms. The number of hydrogen-bond acceptors (Lipinski definition) is 4. The Hall–Kier alpha value is -2.08. The number of nitrogens with one attached hydrogen (secondary N) is 2. The van der Waals surface area contributed by atoms with Gasteiger partial charge in [0.1, 0.15) is 11.5 Å². The van der Waals surface area contributed by atoms with Gasteiger partial charge in [-0.3, -0.25) is 0 Å². The van der Waals surface area contributed by atoms with Crippen LogP contribution in [0.3, 0.4) is 0 Å². The molecule has 5 nitrogen and oxygen atoms in total. The zero-order valence-corrected chi connectivity index (χ0v) is 17.6. The van der Waals surface area contributed by atoms with Gasteiger partial charge in [0.05, 0.1) is 19.9 Å². The molecule has 1 aliphatic carbocycles. The number of guanidine groups is 1. The minimum atomic E-state index is 0.483. The summed E-state index contributed by atoms with van der Waals surface area (Å²) in [6.45, 7) is 1.43. The van der Waals surface area contributed by atoms with Crippen LogP contribution in [-0.2, 0) is 13.0 Å². The summed E-state index contributed by atoms with van der Waals surface area (Å²) in [4.78, 5) is 4.83. The fourth-order valence-corrected chi connectivity index (χ4v) is 4.32. The zero-order chi connectivity index (χ0) is 19.6. The summed E-state index contributed by atoms with van der Waals surface area (Å²) in [5, 5.41) is 7.89. The number of methoxy groups -OCH3 is 1. The first-order valence-corrected chi connectivity index (χ1v) is 11.3. The molecule has 2 N–H and O–H groups in total. The van der Waals surface area contributed by atoms with Crippen molar-refractivity contribution in [2.45, 2.75) is 49.9 Å². The SMILES string of the molecule is COc1ccc(CN=C(NCCc2ccco2)NC2CCCC(SC)C2)cc1. The number of nitrogens with zero attached hydrogens (tertiary/aromatic N) is 1. The molecule has 2 aromatic rings. The van der Waals surface area contributed by atoms with E-state index < -0.39 is 0 Å². The van der Waals surface area contributed by atoms with Crippen molar-refractivity contribution in [2.24, 2.45) is 4.99 Å². The van der Waals surface area contributed by atoms with E-state index in [0.29, 0.717) is 12.6 Å². The van der Waals surface area contributed by atoms with Gasteiger partial charge in [-0.1, -0.05) is 18.6 Å². The maximum Gasteiger partial charge on any atom is 0.191 e. The van der Waals surface area contributed by atoms with Crippen molar-refractivity contribution in [3.05, 3.63) is 54.0 Å². The second kappa shape index (κ2) is 11.1. The highest BCUT2D eigenvalue weighted by molar-refractivity contribution is 7.99. The molecule has 1 aromatic carbocycles. The van der Waals surface area contributed by atoms with E-state index in [1.807, 2.05) is 36.0 Å². The molecule has 0 aliphatic heterocycles. The normalized spacial score (nSPS) is 20.0. The van der Waals surface area contributed by atoms with Crippen LogP contribution >= 0.6 is 11.8 Å². The molecule has 6 heteroatoms. The first-order valence-electron chi connectivity index (χ1n) is 10.00. The smallest absolute Gasteiger partial charge is 0.191 e. The summed E-state index contributed by atoms with van der Waals surface area (Å²) < 4.78 is 10.7. The molecule has 0 bridgehead atoms. The summed E-state index contributed by atoms with van der Waals surface area (Å²) in [5.41, 5.74) is 1.17. The Labute approximate surface area is 172 Å². The van der Waals surface area contributed by atoms with E-state index in [-0.39, 0.29) is 0 Å². The fraction of sp³-hybridized carbons (Fsp3) is 0.500. The molecule has 1 saturated carbocycles. The van der Waals surface area contributed by atoms with Crippen molar-refractivity contribution in [3.8, 4) is 5.75 Å². The Morgan fingerprint density at radius 1 is 1.25 bits per heavy atom. The van der Waals surface area contributed by atoms with E-state index in [9.17, 15) is 0 Å². The van der Waals surface area contributed by atoms with Crippen LogP contribution in [0, 0.1) is 0 Å². The number of hydrogen-bond donors (Lipinski definition) is 2. The molecule has 0 radical (unpaired) electrons. The van der Waals surface area contributed by atoms with Crippen LogP contribution in [0.1, 0.15) is 37.0 Å². The number of rotatable bonds is 8. The monoisotopic (exact) mass is 401 g/mol. The standard InChI is InChI=1S/C22H31N3O2S/c1-26-19-10-8-17(9-11-19)16-24-22(23-13-12-20-6-4-14-27-20)25-18-5-3-7-21(15-18)28-2/h4,6,8-11,14,18,21H,3,5,7,12-13,15-16H2,1-2H3,(H2,23,24,25). The second-order valence-corrected chi connectivity index (χ2v) is 8.27. The van der Waals surface area contributed by atoms with Gasteiger partial charge in [-0.25, -0.2) is 4.99 Å². The minimum Gasteiger partial charge on any atom is -0.497 e. The largest absolute Gasteiger partial charge is 0.497 e. The Balaban J connectivity index is 1.60. The molecule has 1 aliphatic rings. The molecule has 1 fully saturated rings. The number of furan rings is 1. The summed E-state index contributed by atoms with van der Waals surface area (Å²) in [7, 11) is 1.68. The highest BCUT2D eigenvalue weighted by Crippen LogP contribution is 2.26. The third-order valence-electron chi connectivity index (χ3n) is 5.12. The topological polar surface area (TPSA) is 58.8 Å². The lowest BCUT2D eigenvalue weighted by molar-refractivity contribution is 0.414. The van der Waals surface area contributed by atoms with E-state index in [4.69, 9.17) is 14.1 Å². The van der Waals surface area contributed by atoms with Crippen LogP contribution in [0.2, 0.25) is 0 Å². The Bertz CT molecular complexity index is 716. The average molecular weight is 402 g/mol. The summed E-state index contributed by atoms with van der Waals surface area (Å²) in [5.74, 6) is 2.74. The molecule has 1 aromatic heterocycles. The van der Waals surface area contributed by atoms with E-state index in [2.05, 4.69) is 29.0 Å². The molecule has 152 valence electrons. The molecule has 3 rings (SSSR count). The van der Waals surface area contributed by atoms with Crippen molar-refractivity contribution in [1.82, 2.24) is 10.6 Å². The van der Waals surface area contributed by atoms with Gasteiger partial charge >= 0.3 is 0 Å². The number of ether oxygens (including phenoxy) is 1.